The molecule has 1 heterocycles. The summed E-state index contributed by atoms with van der Waals surface area (Å²) in [6, 6.07) is 5.63. The van der Waals surface area contributed by atoms with Gasteiger partial charge in [-0.25, -0.2) is 0 Å². The highest BCUT2D eigenvalue weighted by Crippen LogP contribution is 2.30. The highest BCUT2D eigenvalue weighted by molar-refractivity contribution is 7.99. The van der Waals surface area contributed by atoms with Crippen molar-refractivity contribution >= 4 is 11.8 Å². The lowest BCUT2D eigenvalue weighted by Gasteiger charge is -2.22. The van der Waals surface area contributed by atoms with Gasteiger partial charge in [0.05, 0.1) is 6.61 Å². The molecule has 1 N–H and O–H groups in total. The van der Waals surface area contributed by atoms with Gasteiger partial charge in [-0.1, -0.05) is 6.07 Å². The van der Waals surface area contributed by atoms with Crippen molar-refractivity contribution in [1.29, 1.82) is 0 Å². The normalized spacial score (nSPS) is 18.8. The van der Waals surface area contributed by atoms with E-state index in [2.05, 4.69) is 10.1 Å². The lowest BCUT2D eigenvalue weighted by Crippen LogP contribution is -2.33. The predicted octanol–water partition coefficient (Wildman–Crippen LogP) is 3.67. The summed E-state index contributed by atoms with van der Waals surface area (Å²) in [5.74, 6) is 2.83. The van der Waals surface area contributed by atoms with Gasteiger partial charge in [-0.2, -0.15) is 20.5 Å². The predicted molar refractivity (Wildman–Crippen MR) is 81.4 cm³/mol. The molecule has 0 aromatic heterocycles. The molecule has 0 amide bonds. The van der Waals surface area contributed by atoms with Gasteiger partial charge < -0.3 is 14.8 Å². The summed E-state index contributed by atoms with van der Waals surface area (Å²) in [6.45, 7) is 0.0965. The molecular weight excluding hydrogens is 296 g/mol. The third kappa shape index (κ3) is 5.36. The molecule has 21 heavy (non-hydrogen) atoms. The summed E-state index contributed by atoms with van der Waals surface area (Å²) in [4.78, 5) is 0. The monoisotopic (exact) mass is 317 g/mol. The van der Waals surface area contributed by atoms with E-state index in [1.54, 1.807) is 18.2 Å². The van der Waals surface area contributed by atoms with Crippen LogP contribution in [0.2, 0.25) is 0 Å². The lowest BCUT2D eigenvalue weighted by molar-refractivity contribution is -0.0514. The van der Waals surface area contributed by atoms with Crippen LogP contribution in [0.4, 0.5) is 8.78 Å². The van der Waals surface area contributed by atoms with Crippen LogP contribution >= 0.6 is 11.8 Å². The quantitative estimate of drug-likeness (QED) is 0.831. The minimum Gasteiger partial charge on any atom is -0.490 e. The van der Waals surface area contributed by atoms with Gasteiger partial charge in [0.15, 0.2) is 11.5 Å². The molecule has 6 heteroatoms. The van der Waals surface area contributed by atoms with E-state index in [1.165, 1.54) is 18.6 Å². The number of nitrogens with one attached hydrogen (secondary N) is 1. The summed E-state index contributed by atoms with van der Waals surface area (Å²) in [7, 11) is 0. The molecule has 1 aliphatic rings. The molecule has 118 valence electrons. The fourth-order valence-corrected chi connectivity index (χ4v) is 3.39. The number of thioether (sulfide) groups is 1. The van der Waals surface area contributed by atoms with E-state index in [-0.39, 0.29) is 5.75 Å². The molecule has 1 unspecified atom stereocenters. The highest BCUT2D eigenvalue weighted by atomic mass is 32.2. The maximum absolute atomic E-state index is 12.3. The van der Waals surface area contributed by atoms with Crippen LogP contribution in [0.25, 0.3) is 0 Å². The Kier molecular flexibility index (Phi) is 6.57. The van der Waals surface area contributed by atoms with Crippen molar-refractivity contribution in [1.82, 2.24) is 5.32 Å². The number of hydrogen-bond acceptors (Lipinski definition) is 4. The summed E-state index contributed by atoms with van der Waals surface area (Å²) in [6.07, 6.45) is 2.44. The van der Waals surface area contributed by atoms with Crippen molar-refractivity contribution in [3.8, 4) is 11.5 Å². The summed E-state index contributed by atoms with van der Waals surface area (Å²) < 4.78 is 34.5. The zero-order valence-corrected chi connectivity index (χ0v) is 12.9. The zero-order chi connectivity index (χ0) is 15.1. The van der Waals surface area contributed by atoms with Crippen molar-refractivity contribution in [2.45, 2.75) is 39.0 Å². The molecule has 1 aliphatic heterocycles. The third-order valence-electron chi connectivity index (χ3n) is 3.28. The topological polar surface area (TPSA) is 30.5 Å². The molecule has 0 saturated carbocycles. The summed E-state index contributed by atoms with van der Waals surface area (Å²) >= 11 is 1.97. The molecule has 1 aromatic rings. The highest BCUT2D eigenvalue weighted by Gasteiger charge is 2.14. The maximum atomic E-state index is 12.3. The average Bonchev–Trinajstić information content (AvgIpc) is 2.48. The molecule has 0 spiro atoms. The Morgan fingerprint density at radius 1 is 1.38 bits per heavy atom. The van der Waals surface area contributed by atoms with Crippen LogP contribution in [0, 0.1) is 0 Å². The Balaban J connectivity index is 1.97. The molecule has 1 atom stereocenters. The van der Waals surface area contributed by atoms with Gasteiger partial charge in [-0.15, -0.1) is 0 Å². The van der Waals surface area contributed by atoms with E-state index in [1.807, 2.05) is 18.7 Å². The number of ether oxygens (including phenoxy) is 2. The van der Waals surface area contributed by atoms with Gasteiger partial charge in [0, 0.05) is 18.3 Å². The second-order valence-corrected chi connectivity index (χ2v) is 6.04. The van der Waals surface area contributed by atoms with Gasteiger partial charge in [-0.05, 0) is 43.2 Å². The van der Waals surface area contributed by atoms with E-state index < -0.39 is 6.61 Å². The van der Waals surface area contributed by atoms with E-state index in [4.69, 9.17) is 4.74 Å². The fourth-order valence-electron chi connectivity index (χ4n) is 2.29. The van der Waals surface area contributed by atoms with Crippen LogP contribution in [0.5, 0.6) is 11.5 Å². The second kappa shape index (κ2) is 8.44. The Labute approximate surface area is 128 Å². The van der Waals surface area contributed by atoms with Crippen LogP contribution in [-0.2, 0) is 6.54 Å². The molecule has 2 rings (SSSR count). The summed E-state index contributed by atoms with van der Waals surface area (Å²) in [5.41, 5.74) is 1.01. The Morgan fingerprint density at radius 3 is 2.90 bits per heavy atom. The van der Waals surface area contributed by atoms with Crippen LogP contribution in [0.1, 0.15) is 25.3 Å². The fraction of sp³-hybridized carbons (Fsp3) is 0.600. The Bertz CT molecular complexity index is 440. The maximum Gasteiger partial charge on any atom is 0.387 e. The van der Waals surface area contributed by atoms with Crippen molar-refractivity contribution in [2.75, 3.05) is 18.1 Å². The molecule has 0 aliphatic carbocycles. The first kappa shape index (κ1) is 16.4. The van der Waals surface area contributed by atoms with Crippen molar-refractivity contribution in [2.24, 2.45) is 0 Å². The average molecular weight is 317 g/mol. The van der Waals surface area contributed by atoms with Gasteiger partial charge in [-0.3, -0.25) is 0 Å². The lowest BCUT2D eigenvalue weighted by atomic mass is 10.1. The SMILES string of the molecule is CCOc1cc(CNC2CCCSC2)ccc1OC(F)F. The molecular formula is C15H21F2NO2S. The first-order valence-electron chi connectivity index (χ1n) is 7.20. The number of rotatable bonds is 7. The van der Waals surface area contributed by atoms with Gasteiger partial charge in [0.1, 0.15) is 0 Å². The molecule has 1 saturated heterocycles. The molecule has 0 bridgehead atoms. The number of halogens is 2. The molecule has 0 radical (unpaired) electrons. The van der Waals surface area contributed by atoms with E-state index in [0.29, 0.717) is 24.9 Å². The molecule has 1 aromatic carbocycles. The third-order valence-corrected chi connectivity index (χ3v) is 4.49. The minimum atomic E-state index is -2.84. The number of benzene rings is 1. The van der Waals surface area contributed by atoms with E-state index in [0.717, 1.165) is 11.3 Å². The van der Waals surface area contributed by atoms with Gasteiger partial charge in [0.25, 0.3) is 0 Å². The first-order chi connectivity index (χ1) is 10.2. The van der Waals surface area contributed by atoms with E-state index in [9.17, 15) is 8.78 Å². The van der Waals surface area contributed by atoms with Gasteiger partial charge in [0.2, 0.25) is 0 Å². The van der Waals surface area contributed by atoms with Crippen LogP contribution in [0.3, 0.4) is 0 Å². The van der Waals surface area contributed by atoms with Crippen LogP contribution in [0.15, 0.2) is 18.2 Å². The standard InChI is InChI=1S/C15H21F2NO2S/c1-2-19-14-8-11(5-6-13(14)20-15(16)17)9-18-12-4-3-7-21-10-12/h5-6,8,12,15,18H,2-4,7,9-10H2,1H3. The first-order valence-corrected chi connectivity index (χ1v) is 8.36. The van der Waals surface area contributed by atoms with Crippen LogP contribution in [-0.4, -0.2) is 30.8 Å². The largest absolute Gasteiger partial charge is 0.490 e. The number of hydrogen-bond donors (Lipinski definition) is 1. The van der Waals surface area contributed by atoms with Crippen molar-refractivity contribution < 1.29 is 18.3 Å². The van der Waals surface area contributed by atoms with Crippen molar-refractivity contribution in [3.63, 3.8) is 0 Å². The Hall–Kier alpha value is -1.01. The second-order valence-electron chi connectivity index (χ2n) is 4.89. The molecule has 3 nitrogen and oxygen atoms in total. The summed E-state index contributed by atoms with van der Waals surface area (Å²) in [5, 5.41) is 3.50. The minimum absolute atomic E-state index is 0.0869. The van der Waals surface area contributed by atoms with E-state index >= 15 is 0 Å². The zero-order valence-electron chi connectivity index (χ0n) is 12.1. The molecule has 1 fully saturated rings. The van der Waals surface area contributed by atoms with Crippen molar-refractivity contribution in [3.05, 3.63) is 23.8 Å². The smallest absolute Gasteiger partial charge is 0.387 e. The Morgan fingerprint density at radius 2 is 2.24 bits per heavy atom. The van der Waals surface area contributed by atoms with Gasteiger partial charge >= 0.3 is 6.61 Å². The van der Waals surface area contributed by atoms with Crippen LogP contribution < -0.4 is 14.8 Å². The number of alkyl halides is 2.